The molecule has 1 aliphatic heterocycles. The van der Waals surface area contributed by atoms with Crippen LogP contribution in [-0.2, 0) is 6.54 Å². The molecule has 0 aromatic heterocycles. The molecule has 0 atom stereocenters. The zero-order valence-corrected chi connectivity index (χ0v) is 12.4. The number of benzene rings is 1. The summed E-state index contributed by atoms with van der Waals surface area (Å²) in [6, 6.07) is 4.00. The average Bonchev–Trinajstić information content (AvgIpc) is 2.48. The lowest BCUT2D eigenvalue weighted by molar-refractivity contribution is -0.919. The molecule has 0 radical (unpaired) electrons. The van der Waals surface area contributed by atoms with Crippen LogP contribution in [0.3, 0.4) is 0 Å². The van der Waals surface area contributed by atoms with Gasteiger partial charge in [-0.05, 0) is 12.1 Å². The third-order valence-electron chi connectivity index (χ3n) is 3.84. The Labute approximate surface area is 120 Å². The molecule has 1 heterocycles. The van der Waals surface area contributed by atoms with Crippen LogP contribution in [-0.4, -0.2) is 45.6 Å². The molecule has 2 N–H and O–H groups in total. The molecule has 112 valence electrons. The number of ether oxygens (including phenoxy) is 3. The van der Waals surface area contributed by atoms with Crippen LogP contribution in [0.15, 0.2) is 12.1 Å². The molecule has 1 aromatic rings. The summed E-state index contributed by atoms with van der Waals surface area (Å²) in [6.45, 7) is 2.90. The molecular formula is C15H24NO4+. The Kier molecular flexibility index (Phi) is 5.09. The van der Waals surface area contributed by atoms with E-state index in [2.05, 4.69) is 0 Å². The fourth-order valence-corrected chi connectivity index (χ4v) is 2.71. The molecule has 0 saturated carbocycles. The lowest BCUT2D eigenvalue weighted by Gasteiger charge is -2.27. The van der Waals surface area contributed by atoms with Gasteiger partial charge in [-0.25, -0.2) is 0 Å². The van der Waals surface area contributed by atoms with Gasteiger partial charge in [-0.1, -0.05) is 0 Å². The predicted molar refractivity (Wildman–Crippen MR) is 75.7 cm³/mol. The summed E-state index contributed by atoms with van der Waals surface area (Å²) in [5.41, 5.74) is 1.16. The van der Waals surface area contributed by atoms with Gasteiger partial charge in [-0.3, -0.25) is 0 Å². The molecule has 1 aromatic carbocycles. The Balaban J connectivity index is 2.15. The summed E-state index contributed by atoms with van der Waals surface area (Å²) in [5, 5.41) is 9.56. The van der Waals surface area contributed by atoms with Crippen LogP contribution in [0.4, 0.5) is 0 Å². The van der Waals surface area contributed by atoms with Crippen LogP contribution in [0, 0.1) is 0 Å². The highest BCUT2D eigenvalue weighted by Crippen LogP contribution is 2.37. The van der Waals surface area contributed by atoms with E-state index in [1.807, 2.05) is 12.1 Å². The fraction of sp³-hybridized carbons (Fsp3) is 0.600. The van der Waals surface area contributed by atoms with Gasteiger partial charge in [0.2, 0.25) is 5.75 Å². The number of hydrogen-bond acceptors (Lipinski definition) is 4. The van der Waals surface area contributed by atoms with E-state index in [4.69, 9.17) is 14.2 Å². The maximum absolute atomic E-state index is 9.56. The number of nitrogens with one attached hydrogen (secondary N) is 1. The van der Waals surface area contributed by atoms with E-state index in [1.165, 1.54) is 4.90 Å². The third kappa shape index (κ3) is 3.35. The lowest BCUT2D eigenvalue weighted by atomic mass is 10.1. The first-order valence-corrected chi connectivity index (χ1v) is 6.98. The Bertz CT molecular complexity index is 416. The van der Waals surface area contributed by atoms with Gasteiger partial charge in [0.1, 0.15) is 6.54 Å². The van der Waals surface area contributed by atoms with Gasteiger partial charge in [-0.15, -0.1) is 0 Å². The monoisotopic (exact) mass is 282 g/mol. The van der Waals surface area contributed by atoms with E-state index in [0.29, 0.717) is 17.2 Å². The lowest BCUT2D eigenvalue weighted by Crippen LogP contribution is -3.12. The van der Waals surface area contributed by atoms with Crippen LogP contribution in [0.25, 0.3) is 0 Å². The van der Waals surface area contributed by atoms with Gasteiger partial charge in [0.15, 0.2) is 11.5 Å². The topological polar surface area (TPSA) is 52.4 Å². The van der Waals surface area contributed by atoms with E-state index in [9.17, 15) is 5.11 Å². The first kappa shape index (κ1) is 14.9. The number of likely N-dealkylation sites (tertiary alicyclic amines) is 1. The highest BCUT2D eigenvalue weighted by Gasteiger charge is 2.21. The van der Waals surface area contributed by atoms with Crippen molar-refractivity contribution in [2.45, 2.75) is 25.5 Å². The zero-order valence-electron chi connectivity index (χ0n) is 12.4. The fourth-order valence-electron chi connectivity index (χ4n) is 2.71. The van der Waals surface area contributed by atoms with Crippen molar-refractivity contribution in [2.75, 3.05) is 34.4 Å². The van der Waals surface area contributed by atoms with Gasteiger partial charge in [0, 0.05) is 18.4 Å². The molecule has 0 unspecified atom stereocenters. The number of quaternary nitrogens is 1. The van der Waals surface area contributed by atoms with Crippen LogP contribution >= 0.6 is 0 Å². The number of aliphatic hydroxyl groups is 1. The molecule has 2 rings (SSSR count). The van der Waals surface area contributed by atoms with Gasteiger partial charge >= 0.3 is 0 Å². The summed E-state index contributed by atoms with van der Waals surface area (Å²) in [5.74, 6) is 2.01. The zero-order chi connectivity index (χ0) is 14.5. The number of aliphatic hydroxyl groups excluding tert-OH is 1. The molecule has 0 spiro atoms. The Hall–Kier alpha value is -1.46. The minimum Gasteiger partial charge on any atom is -0.493 e. The quantitative estimate of drug-likeness (QED) is 0.813. The number of hydrogen-bond donors (Lipinski definition) is 2. The standard InChI is InChI=1S/C15H23NO4/c1-18-13-8-11(9-14(19-2)15(13)20-3)10-16-6-4-12(17)5-7-16/h8-9,12,17H,4-7,10H2,1-3H3/p+1. The maximum Gasteiger partial charge on any atom is 0.203 e. The van der Waals surface area contributed by atoms with E-state index in [1.54, 1.807) is 21.3 Å². The van der Waals surface area contributed by atoms with Crippen molar-refractivity contribution in [3.05, 3.63) is 17.7 Å². The molecule has 1 fully saturated rings. The van der Waals surface area contributed by atoms with E-state index < -0.39 is 0 Å². The summed E-state index contributed by atoms with van der Waals surface area (Å²) in [7, 11) is 4.87. The van der Waals surface area contributed by atoms with Crippen LogP contribution < -0.4 is 19.1 Å². The Morgan fingerprint density at radius 1 is 1.05 bits per heavy atom. The molecule has 0 aliphatic carbocycles. The summed E-state index contributed by atoms with van der Waals surface area (Å²) in [4.78, 5) is 1.48. The van der Waals surface area contributed by atoms with Gasteiger partial charge in [-0.2, -0.15) is 0 Å². The molecule has 5 heteroatoms. The van der Waals surface area contributed by atoms with Crippen LogP contribution in [0.1, 0.15) is 18.4 Å². The second kappa shape index (κ2) is 6.81. The van der Waals surface area contributed by atoms with Crippen molar-refractivity contribution in [3.8, 4) is 17.2 Å². The minimum absolute atomic E-state index is 0.126. The van der Waals surface area contributed by atoms with E-state index in [-0.39, 0.29) is 6.10 Å². The molecule has 20 heavy (non-hydrogen) atoms. The number of methoxy groups -OCH3 is 3. The molecular weight excluding hydrogens is 258 g/mol. The van der Waals surface area contributed by atoms with E-state index >= 15 is 0 Å². The summed E-state index contributed by atoms with van der Waals surface area (Å²) in [6.07, 6.45) is 1.62. The second-order valence-electron chi connectivity index (χ2n) is 5.19. The number of piperidine rings is 1. The normalized spacial score (nSPS) is 22.4. The Morgan fingerprint density at radius 2 is 1.60 bits per heavy atom. The van der Waals surface area contributed by atoms with Gasteiger partial charge < -0.3 is 24.2 Å². The third-order valence-corrected chi connectivity index (χ3v) is 3.84. The van der Waals surface area contributed by atoms with Gasteiger partial charge in [0.05, 0.1) is 40.5 Å². The van der Waals surface area contributed by atoms with E-state index in [0.717, 1.165) is 38.0 Å². The van der Waals surface area contributed by atoms with Crippen LogP contribution in [0.5, 0.6) is 17.2 Å². The molecule has 1 aliphatic rings. The minimum atomic E-state index is -0.126. The predicted octanol–water partition coefficient (Wildman–Crippen LogP) is 0.252. The first-order valence-electron chi connectivity index (χ1n) is 6.98. The smallest absolute Gasteiger partial charge is 0.203 e. The Morgan fingerprint density at radius 3 is 2.05 bits per heavy atom. The summed E-state index contributed by atoms with van der Waals surface area (Å²) >= 11 is 0. The molecule has 1 saturated heterocycles. The van der Waals surface area contributed by atoms with Crippen molar-refractivity contribution < 1.29 is 24.2 Å². The first-order chi connectivity index (χ1) is 9.67. The van der Waals surface area contributed by atoms with Gasteiger partial charge in [0.25, 0.3) is 0 Å². The van der Waals surface area contributed by atoms with Crippen molar-refractivity contribution in [3.63, 3.8) is 0 Å². The highest BCUT2D eigenvalue weighted by atomic mass is 16.5. The van der Waals surface area contributed by atoms with Crippen molar-refractivity contribution in [1.82, 2.24) is 0 Å². The largest absolute Gasteiger partial charge is 0.493 e. The van der Waals surface area contributed by atoms with Crippen LogP contribution in [0.2, 0.25) is 0 Å². The second-order valence-corrected chi connectivity index (χ2v) is 5.19. The molecule has 0 amide bonds. The molecule has 5 nitrogen and oxygen atoms in total. The van der Waals surface area contributed by atoms with Crippen molar-refractivity contribution in [2.24, 2.45) is 0 Å². The van der Waals surface area contributed by atoms with Crippen molar-refractivity contribution in [1.29, 1.82) is 0 Å². The maximum atomic E-state index is 9.56. The SMILES string of the molecule is COc1cc(C[NH+]2CCC(O)CC2)cc(OC)c1OC. The summed E-state index contributed by atoms with van der Waals surface area (Å²) < 4.78 is 16.1. The van der Waals surface area contributed by atoms with Crippen molar-refractivity contribution >= 4 is 0 Å². The average molecular weight is 282 g/mol. The highest BCUT2D eigenvalue weighted by molar-refractivity contribution is 5.53. The molecule has 0 bridgehead atoms. The number of rotatable bonds is 5.